The standard InChI is InChI=1S/C12H21N3OS/c1-4-9(6-13)5-11(16)15-12-14-10(7-17-12)8(2)3/h7-9H,4-6,13H2,1-3H3,(H,14,15,16). The number of hydrogen-bond acceptors (Lipinski definition) is 4. The maximum atomic E-state index is 11.7. The van der Waals surface area contributed by atoms with Crippen molar-refractivity contribution in [3.63, 3.8) is 0 Å². The van der Waals surface area contributed by atoms with Crippen LogP contribution in [0.25, 0.3) is 0 Å². The van der Waals surface area contributed by atoms with E-state index in [1.54, 1.807) is 0 Å². The largest absolute Gasteiger partial charge is 0.330 e. The predicted molar refractivity (Wildman–Crippen MR) is 72.3 cm³/mol. The Kier molecular flexibility index (Phi) is 5.58. The summed E-state index contributed by atoms with van der Waals surface area (Å²) in [5, 5.41) is 5.50. The van der Waals surface area contributed by atoms with Gasteiger partial charge in [0.15, 0.2) is 5.13 Å². The molecule has 1 aromatic heterocycles. The van der Waals surface area contributed by atoms with Gasteiger partial charge < -0.3 is 11.1 Å². The molecule has 1 rings (SSSR count). The van der Waals surface area contributed by atoms with Crippen LogP contribution in [0.1, 0.15) is 45.2 Å². The predicted octanol–water partition coefficient (Wildman–Crippen LogP) is 2.58. The molecule has 5 heteroatoms. The minimum atomic E-state index is 0.00644. The van der Waals surface area contributed by atoms with Gasteiger partial charge in [0.1, 0.15) is 0 Å². The van der Waals surface area contributed by atoms with E-state index in [1.165, 1.54) is 11.3 Å². The number of hydrogen-bond donors (Lipinski definition) is 2. The third-order valence-corrected chi connectivity index (χ3v) is 3.52. The van der Waals surface area contributed by atoms with Crippen LogP contribution in [-0.2, 0) is 4.79 Å². The summed E-state index contributed by atoms with van der Waals surface area (Å²) >= 11 is 1.47. The summed E-state index contributed by atoms with van der Waals surface area (Å²) in [7, 11) is 0. The maximum Gasteiger partial charge on any atom is 0.226 e. The third kappa shape index (κ3) is 4.44. The van der Waals surface area contributed by atoms with Gasteiger partial charge in [0.25, 0.3) is 0 Å². The molecule has 0 aliphatic heterocycles. The molecule has 96 valence electrons. The van der Waals surface area contributed by atoms with Crippen molar-refractivity contribution in [1.29, 1.82) is 0 Å². The van der Waals surface area contributed by atoms with E-state index in [0.29, 0.717) is 24.0 Å². The Bertz CT molecular complexity index is 358. The van der Waals surface area contributed by atoms with Crippen molar-refractivity contribution in [2.24, 2.45) is 11.7 Å². The Morgan fingerprint density at radius 1 is 1.59 bits per heavy atom. The average Bonchev–Trinajstić information content (AvgIpc) is 2.74. The number of carbonyl (C=O) groups is 1. The number of thiazole rings is 1. The van der Waals surface area contributed by atoms with E-state index in [0.717, 1.165) is 12.1 Å². The minimum absolute atomic E-state index is 0.00644. The number of nitrogens with zero attached hydrogens (tertiary/aromatic N) is 1. The first-order valence-electron chi connectivity index (χ1n) is 6.02. The van der Waals surface area contributed by atoms with Crippen LogP contribution < -0.4 is 11.1 Å². The van der Waals surface area contributed by atoms with Crippen LogP contribution >= 0.6 is 11.3 Å². The molecule has 4 nitrogen and oxygen atoms in total. The zero-order chi connectivity index (χ0) is 12.8. The van der Waals surface area contributed by atoms with Crippen LogP contribution in [-0.4, -0.2) is 17.4 Å². The molecular formula is C12H21N3OS. The second-order valence-electron chi connectivity index (χ2n) is 4.49. The van der Waals surface area contributed by atoms with E-state index in [4.69, 9.17) is 5.73 Å². The second kappa shape index (κ2) is 6.71. The van der Waals surface area contributed by atoms with Crippen molar-refractivity contribution in [3.05, 3.63) is 11.1 Å². The molecule has 0 aliphatic rings. The third-order valence-electron chi connectivity index (χ3n) is 2.74. The summed E-state index contributed by atoms with van der Waals surface area (Å²) in [5.74, 6) is 0.663. The summed E-state index contributed by atoms with van der Waals surface area (Å²) in [5.41, 5.74) is 6.60. The molecule has 0 saturated carbocycles. The number of amides is 1. The molecule has 1 atom stereocenters. The van der Waals surface area contributed by atoms with Crippen LogP contribution in [0.15, 0.2) is 5.38 Å². The average molecular weight is 255 g/mol. The lowest BCUT2D eigenvalue weighted by Crippen LogP contribution is -2.21. The van der Waals surface area contributed by atoms with Crippen molar-refractivity contribution in [3.8, 4) is 0 Å². The molecular weight excluding hydrogens is 234 g/mol. The lowest BCUT2D eigenvalue weighted by Gasteiger charge is -2.10. The number of nitrogens with two attached hydrogens (primary N) is 1. The molecule has 0 bridgehead atoms. The fraction of sp³-hybridized carbons (Fsp3) is 0.667. The summed E-state index contributed by atoms with van der Waals surface area (Å²) in [6.45, 7) is 6.77. The molecule has 0 radical (unpaired) electrons. The fourth-order valence-electron chi connectivity index (χ4n) is 1.44. The summed E-state index contributed by atoms with van der Waals surface area (Å²) in [6, 6.07) is 0. The number of anilines is 1. The van der Waals surface area contributed by atoms with Gasteiger partial charge in [-0.1, -0.05) is 27.2 Å². The molecule has 3 N–H and O–H groups in total. The Labute approximate surface area is 107 Å². The van der Waals surface area contributed by atoms with Crippen molar-refractivity contribution in [2.45, 2.75) is 39.5 Å². The lowest BCUT2D eigenvalue weighted by molar-refractivity contribution is -0.117. The lowest BCUT2D eigenvalue weighted by atomic mass is 10.0. The van der Waals surface area contributed by atoms with Gasteiger partial charge in [-0.15, -0.1) is 11.3 Å². The molecule has 0 saturated heterocycles. The number of carbonyl (C=O) groups excluding carboxylic acids is 1. The first kappa shape index (κ1) is 14.1. The van der Waals surface area contributed by atoms with Gasteiger partial charge in [0.05, 0.1) is 5.69 Å². The highest BCUT2D eigenvalue weighted by atomic mass is 32.1. The minimum Gasteiger partial charge on any atom is -0.330 e. The summed E-state index contributed by atoms with van der Waals surface area (Å²) in [4.78, 5) is 16.1. The van der Waals surface area contributed by atoms with Crippen molar-refractivity contribution < 1.29 is 4.79 Å². The van der Waals surface area contributed by atoms with E-state index < -0.39 is 0 Å². The molecule has 1 unspecified atom stereocenters. The highest BCUT2D eigenvalue weighted by Crippen LogP contribution is 2.21. The first-order valence-corrected chi connectivity index (χ1v) is 6.90. The topological polar surface area (TPSA) is 68.0 Å². The fourth-order valence-corrected chi connectivity index (χ4v) is 2.32. The highest BCUT2D eigenvalue weighted by molar-refractivity contribution is 7.13. The molecule has 1 aromatic rings. The Hall–Kier alpha value is -0.940. The zero-order valence-electron chi connectivity index (χ0n) is 10.7. The Morgan fingerprint density at radius 2 is 2.29 bits per heavy atom. The molecule has 1 heterocycles. The molecule has 0 fully saturated rings. The van der Waals surface area contributed by atoms with E-state index in [2.05, 4.69) is 24.1 Å². The van der Waals surface area contributed by atoms with E-state index in [9.17, 15) is 4.79 Å². The quantitative estimate of drug-likeness (QED) is 0.821. The van der Waals surface area contributed by atoms with Gasteiger partial charge in [-0.25, -0.2) is 4.98 Å². The van der Waals surface area contributed by atoms with Gasteiger partial charge in [-0.2, -0.15) is 0 Å². The van der Waals surface area contributed by atoms with E-state index in [-0.39, 0.29) is 11.8 Å². The summed E-state index contributed by atoms with van der Waals surface area (Å²) in [6.07, 6.45) is 1.41. The zero-order valence-corrected chi connectivity index (χ0v) is 11.5. The number of nitrogens with one attached hydrogen (secondary N) is 1. The van der Waals surface area contributed by atoms with Gasteiger partial charge in [0, 0.05) is 11.8 Å². The van der Waals surface area contributed by atoms with E-state index in [1.807, 2.05) is 12.3 Å². The molecule has 0 spiro atoms. The van der Waals surface area contributed by atoms with Crippen molar-refractivity contribution in [1.82, 2.24) is 4.98 Å². The maximum absolute atomic E-state index is 11.7. The van der Waals surface area contributed by atoms with E-state index >= 15 is 0 Å². The van der Waals surface area contributed by atoms with Crippen LogP contribution in [0.5, 0.6) is 0 Å². The second-order valence-corrected chi connectivity index (χ2v) is 5.35. The van der Waals surface area contributed by atoms with Crippen molar-refractivity contribution >= 4 is 22.4 Å². The normalized spacial score (nSPS) is 12.8. The number of rotatable bonds is 6. The SMILES string of the molecule is CCC(CN)CC(=O)Nc1nc(C(C)C)cs1. The highest BCUT2D eigenvalue weighted by Gasteiger charge is 2.12. The first-order chi connectivity index (χ1) is 8.06. The molecule has 17 heavy (non-hydrogen) atoms. The van der Waals surface area contributed by atoms with Gasteiger partial charge >= 0.3 is 0 Å². The molecule has 0 aliphatic carbocycles. The van der Waals surface area contributed by atoms with Gasteiger partial charge in [0.2, 0.25) is 5.91 Å². The monoisotopic (exact) mass is 255 g/mol. The van der Waals surface area contributed by atoms with Crippen LogP contribution in [0.3, 0.4) is 0 Å². The van der Waals surface area contributed by atoms with Crippen LogP contribution in [0, 0.1) is 5.92 Å². The number of aromatic nitrogens is 1. The Balaban J connectivity index is 2.50. The Morgan fingerprint density at radius 3 is 2.76 bits per heavy atom. The molecule has 1 amide bonds. The van der Waals surface area contributed by atoms with Crippen LogP contribution in [0.4, 0.5) is 5.13 Å². The molecule has 0 aromatic carbocycles. The van der Waals surface area contributed by atoms with Crippen LogP contribution in [0.2, 0.25) is 0 Å². The smallest absolute Gasteiger partial charge is 0.226 e. The van der Waals surface area contributed by atoms with Gasteiger partial charge in [-0.3, -0.25) is 4.79 Å². The van der Waals surface area contributed by atoms with Gasteiger partial charge in [-0.05, 0) is 18.4 Å². The van der Waals surface area contributed by atoms with Crippen molar-refractivity contribution in [2.75, 3.05) is 11.9 Å². The summed E-state index contributed by atoms with van der Waals surface area (Å²) < 4.78 is 0.